The highest BCUT2D eigenvalue weighted by atomic mass is 79.9. The molecule has 0 spiro atoms. The van der Waals surface area contributed by atoms with Gasteiger partial charge < -0.3 is 10.5 Å². The lowest BCUT2D eigenvalue weighted by Crippen LogP contribution is -2.27. The number of hydrogen-bond acceptors (Lipinski definition) is 2. The van der Waals surface area contributed by atoms with Crippen molar-refractivity contribution in [3.05, 3.63) is 69.2 Å². The Labute approximate surface area is 133 Å². The van der Waals surface area contributed by atoms with Crippen molar-refractivity contribution in [1.82, 2.24) is 0 Å². The van der Waals surface area contributed by atoms with E-state index >= 15 is 0 Å². The Morgan fingerprint density at radius 3 is 2.50 bits per heavy atom. The molecule has 0 saturated heterocycles. The second-order valence-corrected chi connectivity index (χ2v) is 6.12. The predicted molar refractivity (Wildman–Crippen MR) is 86.8 cm³/mol. The van der Waals surface area contributed by atoms with Crippen molar-refractivity contribution in [2.24, 2.45) is 5.73 Å². The van der Waals surface area contributed by atoms with Crippen LogP contribution >= 0.6 is 27.5 Å². The summed E-state index contributed by atoms with van der Waals surface area (Å²) in [4.78, 5) is 0. The topological polar surface area (TPSA) is 35.2 Å². The molecular weight excluding hydrogens is 338 g/mol. The second kappa shape index (κ2) is 7.23. The molecule has 106 valence electrons. The van der Waals surface area contributed by atoms with E-state index in [9.17, 15) is 0 Å². The maximum atomic E-state index is 6.05. The molecule has 2 N–H and O–H groups in total. The largest absolute Gasteiger partial charge is 0.367 e. The van der Waals surface area contributed by atoms with Crippen LogP contribution in [0.15, 0.2) is 53.0 Å². The zero-order valence-corrected chi connectivity index (χ0v) is 13.6. The van der Waals surface area contributed by atoms with E-state index in [2.05, 4.69) is 15.9 Å². The molecule has 4 heteroatoms. The molecule has 2 aromatic rings. The van der Waals surface area contributed by atoms with Crippen molar-refractivity contribution in [3.8, 4) is 0 Å². The molecular formula is C16H17BrClNO. The third-order valence-corrected chi connectivity index (χ3v) is 3.74. The summed E-state index contributed by atoms with van der Waals surface area (Å²) in [5, 5.41) is 0.726. The quantitative estimate of drug-likeness (QED) is 0.844. The normalized spacial score (nSPS) is 14.0. The minimum absolute atomic E-state index is 0.0865. The van der Waals surface area contributed by atoms with E-state index in [1.165, 1.54) is 0 Å². The van der Waals surface area contributed by atoms with Gasteiger partial charge in [0.2, 0.25) is 0 Å². The van der Waals surface area contributed by atoms with Crippen LogP contribution in [-0.2, 0) is 11.3 Å². The van der Waals surface area contributed by atoms with Crippen LogP contribution in [-0.4, -0.2) is 6.04 Å². The molecule has 0 aliphatic carbocycles. The number of rotatable bonds is 5. The smallest absolute Gasteiger partial charge is 0.0977 e. The highest BCUT2D eigenvalue weighted by Crippen LogP contribution is 2.25. The molecule has 2 atom stereocenters. The monoisotopic (exact) mass is 353 g/mol. The van der Waals surface area contributed by atoms with Gasteiger partial charge in [0.1, 0.15) is 0 Å². The fourth-order valence-corrected chi connectivity index (χ4v) is 2.54. The predicted octanol–water partition coefficient (Wildman–Crippen LogP) is 4.71. The van der Waals surface area contributed by atoms with Crippen LogP contribution < -0.4 is 5.73 Å². The first kappa shape index (κ1) is 15.5. The molecule has 2 nitrogen and oxygen atoms in total. The van der Waals surface area contributed by atoms with Crippen LogP contribution in [0.4, 0.5) is 0 Å². The molecule has 0 amide bonds. The van der Waals surface area contributed by atoms with Crippen LogP contribution in [0.5, 0.6) is 0 Å². The van der Waals surface area contributed by atoms with Gasteiger partial charge in [0, 0.05) is 15.5 Å². The van der Waals surface area contributed by atoms with Crippen molar-refractivity contribution >= 4 is 27.5 Å². The molecule has 0 radical (unpaired) electrons. The Kier molecular flexibility index (Phi) is 5.61. The average Bonchev–Trinajstić information content (AvgIpc) is 2.41. The van der Waals surface area contributed by atoms with Crippen LogP contribution in [0.2, 0.25) is 5.02 Å². The van der Waals surface area contributed by atoms with Gasteiger partial charge >= 0.3 is 0 Å². The SMILES string of the molecule is CC(N)C(OCc1ccc(Cl)cc1)c1cccc(Br)c1. The van der Waals surface area contributed by atoms with Crippen LogP contribution in [0, 0.1) is 0 Å². The van der Waals surface area contributed by atoms with Gasteiger partial charge in [0.25, 0.3) is 0 Å². The molecule has 2 unspecified atom stereocenters. The number of benzene rings is 2. The highest BCUT2D eigenvalue weighted by Gasteiger charge is 2.17. The Balaban J connectivity index is 2.08. The van der Waals surface area contributed by atoms with Gasteiger partial charge in [-0.1, -0.05) is 51.8 Å². The van der Waals surface area contributed by atoms with E-state index in [4.69, 9.17) is 22.1 Å². The summed E-state index contributed by atoms with van der Waals surface area (Å²) in [5.41, 5.74) is 8.20. The molecule has 0 heterocycles. The maximum absolute atomic E-state index is 6.05. The molecule has 20 heavy (non-hydrogen) atoms. The number of hydrogen-bond donors (Lipinski definition) is 1. The van der Waals surface area contributed by atoms with Crippen LogP contribution in [0.3, 0.4) is 0 Å². The number of nitrogens with two attached hydrogens (primary N) is 1. The summed E-state index contributed by atoms with van der Waals surface area (Å²) in [6, 6.07) is 15.6. The Morgan fingerprint density at radius 2 is 1.90 bits per heavy atom. The van der Waals surface area contributed by atoms with E-state index in [-0.39, 0.29) is 12.1 Å². The number of halogens is 2. The first-order chi connectivity index (χ1) is 9.56. The van der Waals surface area contributed by atoms with Crippen molar-refractivity contribution < 1.29 is 4.74 Å². The zero-order chi connectivity index (χ0) is 14.5. The van der Waals surface area contributed by atoms with Crippen molar-refractivity contribution in [2.45, 2.75) is 25.7 Å². The van der Waals surface area contributed by atoms with E-state index in [0.29, 0.717) is 6.61 Å². The summed E-state index contributed by atoms with van der Waals surface area (Å²) in [5.74, 6) is 0. The van der Waals surface area contributed by atoms with Crippen molar-refractivity contribution in [2.75, 3.05) is 0 Å². The molecule has 0 bridgehead atoms. The lowest BCUT2D eigenvalue weighted by Gasteiger charge is -2.22. The van der Waals surface area contributed by atoms with Crippen molar-refractivity contribution in [1.29, 1.82) is 0 Å². The molecule has 0 fully saturated rings. The van der Waals surface area contributed by atoms with E-state index < -0.39 is 0 Å². The van der Waals surface area contributed by atoms with Gasteiger partial charge in [0.15, 0.2) is 0 Å². The van der Waals surface area contributed by atoms with E-state index in [0.717, 1.165) is 20.6 Å². The minimum Gasteiger partial charge on any atom is -0.367 e. The van der Waals surface area contributed by atoms with E-state index in [1.54, 1.807) is 0 Å². The van der Waals surface area contributed by atoms with Crippen LogP contribution in [0.1, 0.15) is 24.2 Å². The Bertz CT molecular complexity index is 557. The summed E-state index contributed by atoms with van der Waals surface area (Å²) in [7, 11) is 0. The molecule has 0 saturated carbocycles. The van der Waals surface area contributed by atoms with E-state index in [1.807, 2.05) is 55.5 Å². The first-order valence-electron chi connectivity index (χ1n) is 6.43. The lowest BCUT2D eigenvalue weighted by atomic mass is 10.0. The molecule has 0 aromatic heterocycles. The van der Waals surface area contributed by atoms with Gasteiger partial charge in [-0.15, -0.1) is 0 Å². The van der Waals surface area contributed by atoms with Crippen molar-refractivity contribution in [3.63, 3.8) is 0 Å². The average molecular weight is 355 g/mol. The Morgan fingerprint density at radius 1 is 1.20 bits per heavy atom. The van der Waals surface area contributed by atoms with Gasteiger partial charge in [-0.25, -0.2) is 0 Å². The Hall–Kier alpha value is -0.870. The highest BCUT2D eigenvalue weighted by molar-refractivity contribution is 9.10. The van der Waals surface area contributed by atoms with Crippen LogP contribution in [0.25, 0.3) is 0 Å². The van der Waals surface area contributed by atoms with Gasteiger partial charge in [-0.3, -0.25) is 0 Å². The maximum Gasteiger partial charge on any atom is 0.0977 e. The summed E-state index contributed by atoms with van der Waals surface area (Å²) >= 11 is 9.34. The molecule has 2 aromatic carbocycles. The third kappa shape index (κ3) is 4.32. The fourth-order valence-electron chi connectivity index (χ4n) is 2.00. The molecule has 0 aliphatic heterocycles. The van der Waals surface area contributed by atoms with Gasteiger partial charge in [-0.2, -0.15) is 0 Å². The summed E-state index contributed by atoms with van der Waals surface area (Å²) in [6.07, 6.45) is -0.136. The fraction of sp³-hybridized carbons (Fsp3) is 0.250. The van der Waals surface area contributed by atoms with Gasteiger partial charge in [-0.05, 0) is 42.3 Å². The third-order valence-electron chi connectivity index (χ3n) is 3.00. The first-order valence-corrected chi connectivity index (χ1v) is 7.60. The van der Waals surface area contributed by atoms with Gasteiger partial charge in [0.05, 0.1) is 12.7 Å². The molecule has 0 aliphatic rings. The summed E-state index contributed by atoms with van der Waals surface area (Å²) < 4.78 is 7.01. The molecule has 2 rings (SSSR count). The lowest BCUT2D eigenvalue weighted by molar-refractivity contribution is 0.0258. The minimum atomic E-state index is -0.136. The second-order valence-electron chi connectivity index (χ2n) is 4.77. The summed E-state index contributed by atoms with van der Waals surface area (Å²) in [6.45, 7) is 2.46. The standard InChI is InChI=1S/C16H17BrClNO/c1-11(19)16(13-3-2-4-14(17)9-13)20-10-12-5-7-15(18)8-6-12/h2-9,11,16H,10,19H2,1H3. The zero-order valence-electron chi connectivity index (χ0n) is 11.2. The number of ether oxygens (including phenoxy) is 1.